The third kappa shape index (κ3) is 3.35. The summed E-state index contributed by atoms with van der Waals surface area (Å²) in [7, 11) is 3.50. The molecule has 5 rings (SSSR count). The fraction of sp³-hybridized carbons (Fsp3) is 0.318. The summed E-state index contributed by atoms with van der Waals surface area (Å²) >= 11 is 0. The summed E-state index contributed by atoms with van der Waals surface area (Å²) in [6.07, 6.45) is 3.41. The Morgan fingerprint density at radius 2 is 2.06 bits per heavy atom. The van der Waals surface area contributed by atoms with Crippen molar-refractivity contribution in [2.24, 2.45) is 7.05 Å². The summed E-state index contributed by atoms with van der Waals surface area (Å²) in [5.41, 5.74) is 6.08. The smallest absolute Gasteiger partial charge is 0.268 e. The van der Waals surface area contributed by atoms with E-state index in [1.54, 1.807) is 11.8 Å². The lowest BCUT2D eigenvalue weighted by atomic mass is 10.1. The van der Waals surface area contributed by atoms with Crippen LogP contribution in [-0.2, 0) is 11.8 Å². The predicted molar refractivity (Wildman–Crippen MR) is 120 cm³/mol. The minimum absolute atomic E-state index is 0.0424. The van der Waals surface area contributed by atoms with Crippen molar-refractivity contribution in [2.75, 3.05) is 30.9 Å². The molecule has 0 unspecified atom stereocenters. The summed E-state index contributed by atoms with van der Waals surface area (Å²) in [4.78, 5) is 15.4. The molecule has 4 aromatic rings. The van der Waals surface area contributed by atoms with Gasteiger partial charge in [-0.2, -0.15) is 10.2 Å². The fourth-order valence-corrected chi connectivity index (χ4v) is 4.58. The second kappa shape index (κ2) is 8.00. The van der Waals surface area contributed by atoms with Crippen molar-refractivity contribution in [3.8, 4) is 16.9 Å². The van der Waals surface area contributed by atoms with E-state index in [1.165, 1.54) is 12.3 Å². The van der Waals surface area contributed by atoms with Gasteiger partial charge in [0.2, 0.25) is 0 Å². The quantitative estimate of drug-likeness (QED) is 0.479. The van der Waals surface area contributed by atoms with Crippen LogP contribution in [0, 0.1) is 11.6 Å². The van der Waals surface area contributed by atoms with Gasteiger partial charge in [0, 0.05) is 38.5 Å². The van der Waals surface area contributed by atoms with Crippen molar-refractivity contribution < 1.29 is 13.5 Å². The van der Waals surface area contributed by atoms with Crippen LogP contribution in [0.3, 0.4) is 0 Å². The molecule has 0 radical (unpaired) electrons. The monoisotopic (exact) mass is 455 g/mol. The Kier molecular flexibility index (Phi) is 5.12. The van der Waals surface area contributed by atoms with Gasteiger partial charge in [0.05, 0.1) is 23.9 Å². The van der Waals surface area contributed by atoms with Crippen LogP contribution >= 0.6 is 0 Å². The molecule has 11 heteroatoms. The molecule has 3 aromatic heterocycles. The second-order valence-electron chi connectivity index (χ2n) is 8.10. The maximum Gasteiger partial charge on any atom is 0.268 e. The molecule has 0 aliphatic carbocycles. The molecule has 4 heterocycles. The first kappa shape index (κ1) is 21.1. The number of para-hydroxylation sites is 1. The van der Waals surface area contributed by atoms with E-state index in [9.17, 15) is 13.6 Å². The van der Waals surface area contributed by atoms with E-state index >= 15 is 0 Å². The van der Waals surface area contributed by atoms with Crippen LogP contribution in [0.5, 0.6) is 0 Å². The molecule has 172 valence electrons. The number of nitrogens with zero attached hydrogens (tertiary/aromatic N) is 5. The Hall–Kier alpha value is -3.73. The van der Waals surface area contributed by atoms with E-state index in [0.29, 0.717) is 23.4 Å². The predicted octanol–water partition coefficient (Wildman–Crippen LogP) is 2.59. The molecular weight excluding hydrogens is 432 g/mol. The Labute approximate surface area is 187 Å². The lowest BCUT2D eigenvalue weighted by Gasteiger charge is -2.25. The average Bonchev–Trinajstić information content (AvgIpc) is 3.49. The van der Waals surface area contributed by atoms with Crippen molar-refractivity contribution in [1.82, 2.24) is 24.5 Å². The first-order valence-corrected chi connectivity index (χ1v) is 10.5. The number of aromatic nitrogens is 5. The molecule has 1 atom stereocenters. The van der Waals surface area contributed by atoms with E-state index in [4.69, 9.17) is 10.5 Å². The van der Waals surface area contributed by atoms with E-state index in [-0.39, 0.29) is 17.2 Å². The van der Waals surface area contributed by atoms with Crippen molar-refractivity contribution in [3.05, 3.63) is 52.5 Å². The van der Waals surface area contributed by atoms with E-state index < -0.39 is 22.9 Å². The summed E-state index contributed by atoms with van der Waals surface area (Å²) in [6.45, 7) is 1.46. The van der Waals surface area contributed by atoms with Gasteiger partial charge >= 0.3 is 0 Å². The lowest BCUT2D eigenvalue weighted by Crippen LogP contribution is -2.34. The number of H-pyrrole nitrogens is 1. The zero-order valence-corrected chi connectivity index (χ0v) is 18.2. The molecule has 1 saturated heterocycles. The van der Waals surface area contributed by atoms with Gasteiger partial charge in [-0.25, -0.2) is 8.78 Å². The third-order valence-electron chi connectivity index (χ3n) is 6.09. The number of hydrogen-bond donors (Lipinski definition) is 2. The number of benzene rings is 1. The second-order valence-corrected chi connectivity index (χ2v) is 8.10. The lowest BCUT2D eigenvalue weighted by molar-refractivity contribution is 0.180. The van der Waals surface area contributed by atoms with Crippen LogP contribution in [0.1, 0.15) is 12.8 Å². The van der Waals surface area contributed by atoms with Crippen LogP contribution in [-0.4, -0.2) is 50.8 Å². The molecule has 0 saturated carbocycles. The number of rotatable bonds is 5. The first-order chi connectivity index (χ1) is 15.9. The highest BCUT2D eigenvalue weighted by atomic mass is 19.1. The van der Waals surface area contributed by atoms with Crippen LogP contribution in [0.4, 0.5) is 20.4 Å². The maximum atomic E-state index is 14.6. The number of nitrogens with two attached hydrogens (primary N) is 1. The SMILES string of the molecule is COC[C@H]1CCCN1c1cc(-c2cn(-c3c(F)cccc3F)c(=O)c3c(N)n[nH]c23)nn1C. The maximum absolute atomic E-state index is 14.6. The molecule has 1 fully saturated rings. The number of halogens is 2. The molecule has 0 spiro atoms. The summed E-state index contributed by atoms with van der Waals surface area (Å²) < 4.78 is 37.2. The van der Waals surface area contributed by atoms with Crippen molar-refractivity contribution in [2.45, 2.75) is 18.9 Å². The topological polar surface area (TPSA) is 107 Å². The largest absolute Gasteiger partial charge is 0.383 e. The number of ether oxygens (including phenoxy) is 1. The number of aromatic amines is 1. The molecule has 1 aromatic carbocycles. The normalized spacial score (nSPS) is 16.2. The zero-order valence-electron chi connectivity index (χ0n) is 18.2. The van der Waals surface area contributed by atoms with Crippen molar-refractivity contribution >= 4 is 22.5 Å². The molecule has 0 amide bonds. The van der Waals surface area contributed by atoms with Gasteiger partial charge in [-0.3, -0.25) is 19.1 Å². The minimum atomic E-state index is -0.870. The van der Waals surface area contributed by atoms with Gasteiger partial charge in [-0.05, 0) is 25.0 Å². The highest BCUT2D eigenvalue weighted by molar-refractivity contribution is 5.98. The highest BCUT2D eigenvalue weighted by Gasteiger charge is 2.28. The number of anilines is 2. The molecule has 1 aliphatic rings. The Morgan fingerprint density at radius 1 is 1.30 bits per heavy atom. The number of nitrogen functional groups attached to an aromatic ring is 1. The van der Waals surface area contributed by atoms with Gasteiger partial charge in [-0.1, -0.05) is 6.07 Å². The van der Waals surface area contributed by atoms with E-state index in [1.807, 2.05) is 13.1 Å². The number of pyridine rings is 1. The van der Waals surface area contributed by atoms with E-state index in [2.05, 4.69) is 20.2 Å². The van der Waals surface area contributed by atoms with Crippen LogP contribution in [0.15, 0.2) is 35.3 Å². The fourth-order valence-electron chi connectivity index (χ4n) is 4.58. The van der Waals surface area contributed by atoms with Crippen molar-refractivity contribution in [1.29, 1.82) is 0 Å². The third-order valence-corrected chi connectivity index (χ3v) is 6.09. The van der Waals surface area contributed by atoms with Gasteiger partial charge in [0.25, 0.3) is 5.56 Å². The van der Waals surface area contributed by atoms with Crippen LogP contribution in [0.2, 0.25) is 0 Å². The van der Waals surface area contributed by atoms with E-state index in [0.717, 1.165) is 41.9 Å². The zero-order chi connectivity index (χ0) is 23.3. The molecule has 9 nitrogen and oxygen atoms in total. The average molecular weight is 455 g/mol. The molecule has 33 heavy (non-hydrogen) atoms. The van der Waals surface area contributed by atoms with Gasteiger partial charge in [0.15, 0.2) is 5.82 Å². The highest BCUT2D eigenvalue weighted by Crippen LogP contribution is 2.33. The Morgan fingerprint density at radius 3 is 2.79 bits per heavy atom. The summed E-state index contributed by atoms with van der Waals surface area (Å²) in [5.74, 6) is -0.922. The summed E-state index contributed by atoms with van der Waals surface area (Å²) in [6, 6.07) is 5.53. The minimum Gasteiger partial charge on any atom is -0.383 e. The van der Waals surface area contributed by atoms with Crippen LogP contribution in [0.25, 0.3) is 27.8 Å². The number of methoxy groups -OCH3 is 1. The van der Waals surface area contributed by atoms with Gasteiger partial charge in [0.1, 0.15) is 28.5 Å². The van der Waals surface area contributed by atoms with Gasteiger partial charge < -0.3 is 15.4 Å². The van der Waals surface area contributed by atoms with Gasteiger partial charge in [-0.15, -0.1) is 0 Å². The number of fused-ring (bicyclic) bond motifs is 1. The number of nitrogens with one attached hydrogen (secondary N) is 1. The summed E-state index contributed by atoms with van der Waals surface area (Å²) in [5, 5.41) is 11.4. The molecule has 0 bridgehead atoms. The van der Waals surface area contributed by atoms with Crippen LogP contribution < -0.4 is 16.2 Å². The van der Waals surface area contributed by atoms with Crippen molar-refractivity contribution in [3.63, 3.8) is 0 Å². The first-order valence-electron chi connectivity index (χ1n) is 10.5. The molecular formula is C22H23F2N7O2. The molecule has 1 aliphatic heterocycles. The Bertz CT molecular complexity index is 1390. The standard InChI is InChI=1S/C22H23F2N7O2/c1-29-17(30-8-4-5-12(30)11-33-2)9-16(28-29)13-10-31(20-14(23)6-3-7-15(20)24)22(32)18-19(13)26-27-21(18)25/h3,6-7,9-10,12H,4-5,8,11H2,1-2H3,(H3,25,26,27)/t12-/m1/s1. The number of hydrogen-bond acceptors (Lipinski definition) is 6. The Balaban J connectivity index is 1.72. The number of aryl methyl sites for hydroxylation is 1. The molecule has 3 N–H and O–H groups in total.